The second-order valence-corrected chi connectivity index (χ2v) is 7.36. The first-order valence-corrected chi connectivity index (χ1v) is 9.66. The summed E-state index contributed by atoms with van der Waals surface area (Å²) in [6, 6.07) is 16.2. The van der Waals surface area contributed by atoms with Gasteiger partial charge in [-0.15, -0.1) is 0 Å². The van der Waals surface area contributed by atoms with Gasteiger partial charge in [0.15, 0.2) is 11.5 Å². The molecule has 0 aromatic heterocycles. The molecule has 1 unspecified atom stereocenters. The molecular weight excluding hydrogens is 340 g/mol. The van der Waals surface area contributed by atoms with Crippen LogP contribution in [-0.2, 0) is 6.54 Å². The van der Waals surface area contributed by atoms with Crippen LogP contribution in [0.5, 0.6) is 11.5 Å². The van der Waals surface area contributed by atoms with E-state index in [1.54, 1.807) is 4.90 Å². The standard InChI is InChI=1S/C22H26N2O3/c1-24(15-16-10-11-19-20(14-16)27-13-12-26-19)22(25)23-21(18-8-5-9-18)17-6-3-2-4-7-17/h2-4,6-7,10-11,14,18,21H,5,8-9,12-13,15H2,1H3,(H,23,25). The minimum Gasteiger partial charge on any atom is -0.486 e. The molecular formula is C22H26N2O3. The maximum absolute atomic E-state index is 12.8. The van der Waals surface area contributed by atoms with Crippen molar-refractivity contribution >= 4 is 6.03 Å². The number of ether oxygens (including phenoxy) is 2. The van der Waals surface area contributed by atoms with Crippen molar-refractivity contribution in [1.29, 1.82) is 0 Å². The van der Waals surface area contributed by atoms with Gasteiger partial charge in [0.25, 0.3) is 0 Å². The number of benzene rings is 2. The number of carbonyl (C=O) groups excluding carboxylic acids is 1. The second kappa shape index (κ2) is 7.91. The van der Waals surface area contributed by atoms with Crippen LogP contribution in [0.15, 0.2) is 48.5 Å². The third kappa shape index (κ3) is 4.02. The van der Waals surface area contributed by atoms with Crippen molar-refractivity contribution in [3.63, 3.8) is 0 Å². The molecule has 0 spiro atoms. The van der Waals surface area contributed by atoms with Gasteiger partial charge in [-0.05, 0) is 42.0 Å². The van der Waals surface area contributed by atoms with Crippen LogP contribution < -0.4 is 14.8 Å². The van der Waals surface area contributed by atoms with Gasteiger partial charge in [0.2, 0.25) is 0 Å². The molecule has 0 saturated heterocycles. The summed E-state index contributed by atoms with van der Waals surface area (Å²) in [5.74, 6) is 2.05. The molecule has 5 nitrogen and oxygen atoms in total. The maximum atomic E-state index is 12.8. The molecule has 1 saturated carbocycles. The summed E-state index contributed by atoms with van der Waals surface area (Å²) in [5.41, 5.74) is 2.21. The fourth-order valence-corrected chi connectivity index (χ4v) is 3.68. The second-order valence-electron chi connectivity index (χ2n) is 7.36. The SMILES string of the molecule is CN(Cc1ccc2c(c1)OCCO2)C(=O)NC(c1ccccc1)C1CCC1. The van der Waals surface area contributed by atoms with E-state index in [-0.39, 0.29) is 12.1 Å². The zero-order valence-electron chi connectivity index (χ0n) is 15.7. The summed E-state index contributed by atoms with van der Waals surface area (Å²) in [7, 11) is 1.83. The lowest BCUT2D eigenvalue weighted by atomic mass is 9.77. The number of hydrogen-bond acceptors (Lipinski definition) is 3. The van der Waals surface area contributed by atoms with Gasteiger partial charge in [0.05, 0.1) is 6.04 Å². The van der Waals surface area contributed by atoms with Gasteiger partial charge in [0.1, 0.15) is 13.2 Å². The van der Waals surface area contributed by atoms with Crippen molar-refractivity contribution in [1.82, 2.24) is 10.2 Å². The summed E-state index contributed by atoms with van der Waals surface area (Å²) in [5, 5.41) is 3.25. The zero-order valence-corrected chi connectivity index (χ0v) is 15.7. The first-order chi connectivity index (χ1) is 13.2. The van der Waals surface area contributed by atoms with Gasteiger partial charge < -0.3 is 19.7 Å². The van der Waals surface area contributed by atoms with Gasteiger partial charge in [0, 0.05) is 13.6 Å². The van der Waals surface area contributed by atoms with E-state index in [1.807, 2.05) is 43.4 Å². The molecule has 1 N–H and O–H groups in total. The molecule has 2 aromatic rings. The summed E-state index contributed by atoms with van der Waals surface area (Å²) in [6.07, 6.45) is 3.59. The van der Waals surface area contributed by atoms with Crippen LogP contribution in [0.1, 0.15) is 36.4 Å². The highest BCUT2D eigenvalue weighted by Gasteiger charge is 2.30. The number of hydrogen-bond donors (Lipinski definition) is 1. The Morgan fingerprint density at radius 1 is 1.11 bits per heavy atom. The normalized spacial score (nSPS) is 16.9. The molecule has 1 atom stereocenters. The molecule has 1 fully saturated rings. The lowest BCUT2D eigenvalue weighted by Crippen LogP contribution is -2.42. The number of amides is 2. The highest BCUT2D eigenvalue weighted by atomic mass is 16.6. The predicted molar refractivity (Wildman–Crippen MR) is 104 cm³/mol. The Bertz CT molecular complexity index is 789. The Labute approximate surface area is 160 Å². The summed E-state index contributed by atoms with van der Waals surface area (Å²) in [6.45, 7) is 1.66. The van der Waals surface area contributed by atoms with Crippen molar-refractivity contribution in [3.8, 4) is 11.5 Å². The first-order valence-electron chi connectivity index (χ1n) is 9.66. The van der Waals surface area contributed by atoms with Crippen molar-refractivity contribution in [2.75, 3.05) is 20.3 Å². The van der Waals surface area contributed by atoms with Gasteiger partial charge in [-0.1, -0.05) is 42.8 Å². The average Bonchev–Trinajstić information content (AvgIpc) is 2.66. The van der Waals surface area contributed by atoms with Crippen molar-refractivity contribution < 1.29 is 14.3 Å². The Kier molecular flexibility index (Phi) is 5.19. The van der Waals surface area contributed by atoms with Gasteiger partial charge >= 0.3 is 6.03 Å². The third-order valence-electron chi connectivity index (χ3n) is 5.43. The van der Waals surface area contributed by atoms with Crippen molar-refractivity contribution in [3.05, 3.63) is 59.7 Å². The van der Waals surface area contributed by atoms with E-state index in [0.717, 1.165) is 17.1 Å². The summed E-state index contributed by atoms with van der Waals surface area (Å²) >= 11 is 0. The largest absolute Gasteiger partial charge is 0.486 e. The summed E-state index contributed by atoms with van der Waals surface area (Å²) in [4.78, 5) is 14.5. The number of urea groups is 1. The van der Waals surface area contributed by atoms with Crippen LogP contribution >= 0.6 is 0 Å². The maximum Gasteiger partial charge on any atom is 0.317 e. The first kappa shape index (κ1) is 17.7. The van der Waals surface area contributed by atoms with E-state index in [4.69, 9.17) is 9.47 Å². The van der Waals surface area contributed by atoms with Gasteiger partial charge in [-0.2, -0.15) is 0 Å². The predicted octanol–water partition coefficient (Wildman–Crippen LogP) is 4.14. The van der Waals surface area contributed by atoms with E-state index in [1.165, 1.54) is 24.8 Å². The van der Waals surface area contributed by atoms with Crippen LogP contribution in [0.2, 0.25) is 0 Å². The molecule has 0 bridgehead atoms. The molecule has 0 radical (unpaired) electrons. The average molecular weight is 366 g/mol. The van der Waals surface area contributed by atoms with Crippen LogP contribution in [-0.4, -0.2) is 31.2 Å². The Morgan fingerprint density at radius 2 is 1.85 bits per heavy atom. The fraction of sp³-hybridized carbons (Fsp3) is 0.409. The lowest BCUT2D eigenvalue weighted by Gasteiger charge is -2.35. The monoisotopic (exact) mass is 366 g/mol. The molecule has 2 amide bonds. The Balaban J connectivity index is 1.42. The van der Waals surface area contributed by atoms with Crippen LogP contribution in [0.25, 0.3) is 0 Å². The van der Waals surface area contributed by atoms with E-state index >= 15 is 0 Å². The lowest BCUT2D eigenvalue weighted by molar-refractivity contribution is 0.170. The minimum absolute atomic E-state index is 0.0503. The molecule has 4 rings (SSSR count). The highest BCUT2D eigenvalue weighted by molar-refractivity contribution is 5.74. The van der Waals surface area contributed by atoms with Crippen LogP contribution in [0.4, 0.5) is 4.79 Å². The molecule has 1 aliphatic carbocycles. The molecule has 2 aliphatic rings. The molecule has 1 heterocycles. The number of fused-ring (bicyclic) bond motifs is 1. The highest BCUT2D eigenvalue weighted by Crippen LogP contribution is 2.37. The van der Waals surface area contributed by atoms with Gasteiger partial charge in [-0.25, -0.2) is 4.79 Å². The molecule has 1 aliphatic heterocycles. The van der Waals surface area contributed by atoms with E-state index in [9.17, 15) is 4.79 Å². The molecule has 5 heteroatoms. The Morgan fingerprint density at radius 3 is 2.56 bits per heavy atom. The molecule has 2 aromatic carbocycles. The summed E-state index contributed by atoms with van der Waals surface area (Å²) < 4.78 is 11.2. The van der Waals surface area contributed by atoms with Crippen LogP contribution in [0.3, 0.4) is 0 Å². The van der Waals surface area contributed by atoms with Crippen molar-refractivity contribution in [2.45, 2.75) is 31.8 Å². The minimum atomic E-state index is -0.0503. The number of nitrogens with one attached hydrogen (secondary N) is 1. The molecule has 142 valence electrons. The Hall–Kier alpha value is -2.69. The van der Waals surface area contributed by atoms with Gasteiger partial charge in [-0.3, -0.25) is 0 Å². The quantitative estimate of drug-likeness (QED) is 0.865. The number of carbonyl (C=O) groups is 1. The molecule has 27 heavy (non-hydrogen) atoms. The fourth-order valence-electron chi connectivity index (χ4n) is 3.68. The topological polar surface area (TPSA) is 50.8 Å². The van der Waals surface area contributed by atoms with E-state index < -0.39 is 0 Å². The van der Waals surface area contributed by atoms with Crippen LogP contribution in [0, 0.1) is 5.92 Å². The smallest absolute Gasteiger partial charge is 0.317 e. The van der Waals surface area contributed by atoms with E-state index in [2.05, 4.69) is 17.4 Å². The third-order valence-corrected chi connectivity index (χ3v) is 5.43. The number of rotatable bonds is 5. The van der Waals surface area contributed by atoms with Crippen molar-refractivity contribution in [2.24, 2.45) is 5.92 Å². The number of nitrogens with zero attached hydrogens (tertiary/aromatic N) is 1. The van der Waals surface area contributed by atoms with E-state index in [0.29, 0.717) is 25.7 Å². The zero-order chi connectivity index (χ0) is 18.6.